The summed E-state index contributed by atoms with van der Waals surface area (Å²) in [6.45, 7) is 1.99. The fourth-order valence-electron chi connectivity index (χ4n) is 2.87. The fraction of sp³-hybridized carbons (Fsp3) is 0.235. The highest BCUT2D eigenvalue weighted by Gasteiger charge is 2.19. The van der Waals surface area contributed by atoms with Crippen LogP contribution >= 0.6 is 24.0 Å². The topological polar surface area (TPSA) is 55.1 Å². The number of rotatable bonds is 3. The Morgan fingerprint density at radius 2 is 1.91 bits per heavy atom. The molecule has 3 nitrogen and oxygen atoms in total. The van der Waals surface area contributed by atoms with Crippen LogP contribution in [0.25, 0.3) is 11.1 Å². The highest BCUT2D eigenvalue weighted by molar-refractivity contribution is 6.33. The van der Waals surface area contributed by atoms with Gasteiger partial charge in [-0.2, -0.15) is 0 Å². The van der Waals surface area contributed by atoms with Crippen molar-refractivity contribution in [1.29, 1.82) is 0 Å². The molecule has 0 radical (unpaired) electrons. The smallest absolute Gasteiger partial charge is 0.251 e. The van der Waals surface area contributed by atoms with E-state index in [4.69, 9.17) is 17.3 Å². The number of benzene rings is 2. The average molecular weight is 355 g/mol. The highest BCUT2D eigenvalue weighted by Crippen LogP contribution is 2.33. The van der Waals surface area contributed by atoms with Crippen molar-refractivity contribution in [2.75, 3.05) is 13.1 Å². The summed E-state index contributed by atoms with van der Waals surface area (Å²) >= 11 is 6.11. The van der Waals surface area contributed by atoms with Crippen molar-refractivity contribution in [1.82, 2.24) is 5.32 Å². The summed E-state index contributed by atoms with van der Waals surface area (Å²) in [5, 5.41) is 3.58. The van der Waals surface area contributed by atoms with E-state index in [1.54, 1.807) is 0 Å². The minimum Gasteiger partial charge on any atom is -0.366 e. The summed E-state index contributed by atoms with van der Waals surface area (Å²) in [4.78, 5) is 11.3. The third kappa shape index (κ3) is 3.50. The molecule has 3 N–H and O–H groups in total. The third-order valence-electron chi connectivity index (χ3n) is 4.09. The second-order valence-corrected chi connectivity index (χ2v) is 5.87. The van der Waals surface area contributed by atoms with Gasteiger partial charge in [0, 0.05) is 12.1 Å². The van der Waals surface area contributed by atoms with E-state index in [9.17, 15) is 9.18 Å². The van der Waals surface area contributed by atoms with Crippen molar-refractivity contribution in [2.24, 2.45) is 5.73 Å². The van der Waals surface area contributed by atoms with Gasteiger partial charge in [-0.1, -0.05) is 35.9 Å². The quantitative estimate of drug-likeness (QED) is 0.881. The normalized spacial score (nSPS) is 16.9. The van der Waals surface area contributed by atoms with E-state index in [0.29, 0.717) is 11.5 Å². The zero-order valence-corrected chi connectivity index (χ0v) is 13.9. The van der Waals surface area contributed by atoms with Gasteiger partial charge in [0.2, 0.25) is 0 Å². The van der Waals surface area contributed by atoms with Gasteiger partial charge in [-0.05, 0) is 42.1 Å². The van der Waals surface area contributed by atoms with Crippen molar-refractivity contribution < 1.29 is 9.18 Å². The molecule has 1 heterocycles. The molecule has 2 aromatic rings. The number of hydrogen-bond acceptors (Lipinski definition) is 2. The Labute approximate surface area is 145 Å². The van der Waals surface area contributed by atoms with Gasteiger partial charge in [-0.15, -0.1) is 12.4 Å². The van der Waals surface area contributed by atoms with Crippen molar-refractivity contribution in [3.63, 3.8) is 0 Å². The molecule has 0 aromatic heterocycles. The van der Waals surface area contributed by atoms with Crippen LogP contribution in [-0.2, 0) is 0 Å². The zero-order valence-electron chi connectivity index (χ0n) is 12.3. The largest absolute Gasteiger partial charge is 0.366 e. The zero-order chi connectivity index (χ0) is 15.7. The minimum absolute atomic E-state index is 0. The lowest BCUT2D eigenvalue weighted by Gasteiger charge is -2.12. The monoisotopic (exact) mass is 354 g/mol. The van der Waals surface area contributed by atoms with Crippen LogP contribution in [0.4, 0.5) is 4.39 Å². The Morgan fingerprint density at radius 1 is 1.22 bits per heavy atom. The van der Waals surface area contributed by atoms with Gasteiger partial charge in [-0.25, -0.2) is 4.39 Å². The van der Waals surface area contributed by atoms with E-state index < -0.39 is 11.7 Å². The number of carbonyl (C=O) groups is 1. The molecule has 0 spiro atoms. The lowest BCUT2D eigenvalue weighted by Crippen LogP contribution is -2.13. The predicted molar refractivity (Wildman–Crippen MR) is 92.8 cm³/mol. The second-order valence-electron chi connectivity index (χ2n) is 5.46. The summed E-state index contributed by atoms with van der Waals surface area (Å²) in [5.74, 6) is -0.981. The number of primary amides is 1. The van der Waals surface area contributed by atoms with Gasteiger partial charge in [0.25, 0.3) is 5.91 Å². The molecule has 0 saturated carbocycles. The van der Waals surface area contributed by atoms with Gasteiger partial charge >= 0.3 is 0 Å². The van der Waals surface area contributed by atoms with E-state index in [1.165, 1.54) is 17.7 Å². The molecule has 1 fully saturated rings. The molecule has 1 atom stereocenters. The van der Waals surface area contributed by atoms with Crippen molar-refractivity contribution in [2.45, 2.75) is 12.3 Å². The van der Waals surface area contributed by atoms with E-state index in [2.05, 4.69) is 5.32 Å². The summed E-state index contributed by atoms with van der Waals surface area (Å²) < 4.78 is 14.5. The molecule has 1 aliphatic rings. The maximum Gasteiger partial charge on any atom is 0.251 e. The minimum atomic E-state index is -0.802. The van der Waals surface area contributed by atoms with Crippen LogP contribution in [0.2, 0.25) is 5.02 Å². The molecule has 1 unspecified atom stereocenters. The Hall–Kier alpha value is -1.62. The van der Waals surface area contributed by atoms with E-state index in [0.717, 1.165) is 19.5 Å². The molecule has 1 amide bonds. The molecule has 23 heavy (non-hydrogen) atoms. The summed E-state index contributed by atoms with van der Waals surface area (Å²) in [7, 11) is 0. The summed E-state index contributed by atoms with van der Waals surface area (Å²) in [6.07, 6.45) is 1.10. The summed E-state index contributed by atoms with van der Waals surface area (Å²) in [6, 6.07) is 10.4. The third-order valence-corrected chi connectivity index (χ3v) is 4.40. The molecule has 0 bridgehead atoms. The van der Waals surface area contributed by atoms with Crippen LogP contribution in [0.5, 0.6) is 0 Å². The highest BCUT2D eigenvalue weighted by atomic mass is 35.5. The number of hydrogen-bond donors (Lipinski definition) is 2. The molecule has 1 aliphatic heterocycles. The first-order valence-corrected chi connectivity index (χ1v) is 7.54. The van der Waals surface area contributed by atoms with Crippen LogP contribution in [0, 0.1) is 5.82 Å². The molecular formula is C17H17Cl2FN2O. The van der Waals surface area contributed by atoms with Gasteiger partial charge in [-0.3, -0.25) is 4.79 Å². The van der Waals surface area contributed by atoms with Gasteiger partial charge in [0.15, 0.2) is 0 Å². The predicted octanol–water partition coefficient (Wildman–Crippen LogP) is 3.74. The first-order valence-electron chi connectivity index (χ1n) is 7.17. The summed E-state index contributed by atoms with van der Waals surface area (Å²) in [5.41, 5.74) is 7.11. The first kappa shape index (κ1) is 17.7. The van der Waals surface area contributed by atoms with Crippen LogP contribution in [0.3, 0.4) is 0 Å². The maximum atomic E-state index is 14.5. The molecule has 1 saturated heterocycles. The Balaban J connectivity index is 0.00000192. The Kier molecular flexibility index (Phi) is 5.63. The van der Waals surface area contributed by atoms with Crippen LogP contribution in [0.1, 0.15) is 28.3 Å². The van der Waals surface area contributed by atoms with E-state index in [-0.39, 0.29) is 28.6 Å². The fourth-order valence-corrected chi connectivity index (χ4v) is 3.12. The van der Waals surface area contributed by atoms with Crippen LogP contribution < -0.4 is 11.1 Å². The number of nitrogens with two attached hydrogens (primary N) is 1. The number of nitrogens with one attached hydrogen (secondary N) is 1. The lowest BCUT2D eigenvalue weighted by atomic mass is 9.95. The maximum absolute atomic E-state index is 14.5. The van der Waals surface area contributed by atoms with Crippen molar-refractivity contribution in [3.8, 4) is 11.1 Å². The number of halogens is 3. The van der Waals surface area contributed by atoms with Crippen LogP contribution in [-0.4, -0.2) is 19.0 Å². The van der Waals surface area contributed by atoms with Gasteiger partial charge < -0.3 is 11.1 Å². The molecule has 0 aliphatic carbocycles. The standard InChI is InChI=1S/C17H16ClFN2O.ClH/c18-14-6-5-13(17(20)22)16(19)15(14)11-3-1-10(2-4-11)12-7-8-21-9-12;/h1-6,12,21H,7-9H2,(H2,20,22);1H. The Bertz CT molecular complexity index is 713. The number of amides is 1. The molecule has 122 valence electrons. The lowest BCUT2D eigenvalue weighted by molar-refractivity contribution is 0.0996. The number of carbonyl (C=O) groups excluding carboxylic acids is 1. The van der Waals surface area contributed by atoms with E-state index in [1.807, 2.05) is 24.3 Å². The Morgan fingerprint density at radius 3 is 2.48 bits per heavy atom. The molecular weight excluding hydrogens is 338 g/mol. The molecule has 3 rings (SSSR count). The van der Waals surface area contributed by atoms with Gasteiger partial charge in [0.05, 0.1) is 10.6 Å². The molecule has 6 heteroatoms. The molecule has 2 aromatic carbocycles. The van der Waals surface area contributed by atoms with Crippen molar-refractivity contribution in [3.05, 3.63) is 58.4 Å². The van der Waals surface area contributed by atoms with E-state index >= 15 is 0 Å². The SMILES string of the molecule is Cl.NC(=O)c1ccc(Cl)c(-c2ccc(C3CCNC3)cc2)c1F. The first-order chi connectivity index (χ1) is 10.6. The second kappa shape index (κ2) is 7.30. The van der Waals surface area contributed by atoms with Crippen LogP contribution in [0.15, 0.2) is 36.4 Å². The van der Waals surface area contributed by atoms with Crippen molar-refractivity contribution >= 4 is 29.9 Å². The van der Waals surface area contributed by atoms with Gasteiger partial charge in [0.1, 0.15) is 5.82 Å². The average Bonchev–Trinajstić information content (AvgIpc) is 3.02.